The van der Waals surface area contributed by atoms with E-state index in [1.165, 1.54) is 6.92 Å². The van der Waals surface area contributed by atoms with Crippen LogP contribution in [0.5, 0.6) is 0 Å². The first-order chi connectivity index (χ1) is 8.55. The SMILES string of the molecule is CCOC(=O)CN1CC(CC)CC(NC(C)=O)C1. The van der Waals surface area contributed by atoms with Crippen LogP contribution in [0.4, 0.5) is 0 Å². The lowest BCUT2D eigenvalue weighted by atomic mass is 9.92. The number of nitrogens with zero attached hydrogens (tertiary/aromatic N) is 1. The van der Waals surface area contributed by atoms with E-state index < -0.39 is 0 Å². The second kappa shape index (κ2) is 7.36. The first-order valence-corrected chi connectivity index (χ1v) is 6.70. The van der Waals surface area contributed by atoms with Crippen molar-refractivity contribution < 1.29 is 14.3 Å². The third-order valence-corrected chi connectivity index (χ3v) is 3.26. The molecule has 0 aromatic rings. The maximum atomic E-state index is 11.5. The number of rotatable bonds is 5. The van der Waals surface area contributed by atoms with Crippen LogP contribution in [-0.2, 0) is 14.3 Å². The minimum absolute atomic E-state index is 0.00663. The number of carbonyl (C=O) groups excluding carboxylic acids is 2. The number of esters is 1. The standard InChI is InChI=1S/C13H24N2O3/c1-4-11-6-12(14-10(3)16)8-15(7-11)9-13(17)18-5-2/h11-12H,4-9H2,1-3H3,(H,14,16). The zero-order valence-corrected chi connectivity index (χ0v) is 11.6. The summed E-state index contributed by atoms with van der Waals surface area (Å²) in [5.74, 6) is 0.341. The molecule has 2 unspecified atom stereocenters. The molecule has 1 N–H and O–H groups in total. The number of ether oxygens (including phenoxy) is 1. The summed E-state index contributed by atoms with van der Waals surface area (Å²) in [7, 11) is 0. The van der Waals surface area contributed by atoms with Crippen molar-refractivity contribution >= 4 is 11.9 Å². The molecule has 1 rings (SSSR count). The van der Waals surface area contributed by atoms with Gasteiger partial charge in [0.05, 0.1) is 13.2 Å². The van der Waals surface area contributed by atoms with E-state index in [1.807, 2.05) is 6.92 Å². The zero-order valence-electron chi connectivity index (χ0n) is 11.6. The average molecular weight is 256 g/mol. The molecule has 0 aliphatic carbocycles. The van der Waals surface area contributed by atoms with Gasteiger partial charge in [-0.2, -0.15) is 0 Å². The van der Waals surface area contributed by atoms with Gasteiger partial charge in [0.1, 0.15) is 0 Å². The number of carbonyl (C=O) groups is 2. The van der Waals surface area contributed by atoms with Crippen molar-refractivity contribution in [1.29, 1.82) is 0 Å². The monoisotopic (exact) mass is 256 g/mol. The minimum atomic E-state index is -0.184. The van der Waals surface area contributed by atoms with Crippen LogP contribution in [0.25, 0.3) is 0 Å². The summed E-state index contributed by atoms with van der Waals surface area (Å²) >= 11 is 0. The van der Waals surface area contributed by atoms with Crippen molar-refractivity contribution in [2.24, 2.45) is 5.92 Å². The number of likely N-dealkylation sites (tertiary alicyclic amines) is 1. The lowest BCUT2D eigenvalue weighted by molar-refractivity contribution is -0.145. The Morgan fingerprint density at radius 2 is 2.06 bits per heavy atom. The van der Waals surface area contributed by atoms with Gasteiger partial charge >= 0.3 is 5.97 Å². The number of nitrogens with one attached hydrogen (secondary N) is 1. The van der Waals surface area contributed by atoms with Gasteiger partial charge in [0.2, 0.25) is 5.91 Å². The van der Waals surface area contributed by atoms with E-state index in [4.69, 9.17) is 4.74 Å². The molecule has 1 heterocycles. The second-order valence-electron chi connectivity index (χ2n) is 4.91. The van der Waals surface area contributed by atoms with Crippen LogP contribution in [0.1, 0.15) is 33.6 Å². The topological polar surface area (TPSA) is 58.6 Å². The van der Waals surface area contributed by atoms with Crippen LogP contribution in [0.15, 0.2) is 0 Å². The van der Waals surface area contributed by atoms with Gasteiger partial charge in [0.25, 0.3) is 0 Å². The Bertz CT molecular complexity index is 294. The van der Waals surface area contributed by atoms with Crippen molar-refractivity contribution in [3.05, 3.63) is 0 Å². The maximum Gasteiger partial charge on any atom is 0.320 e. The molecule has 1 aliphatic heterocycles. The van der Waals surface area contributed by atoms with Gasteiger partial charge in [-0.05, 0) is 19.3 Å². The Morgan fingerprint density at radius 3 is 2.61 bits per heavy atom. The van der Waals surface area contributed by atoms with E-state index in [9.17, 15) is 9.59 Å². The van der Waals surface area contributed by atoms with Crippen LogP contribution in [0.2, 0.25) is 0 Å². The highest BCUT2D eigenvalue weighted by Gasteiger charge is 2.27. The maximum absolute atomic E-state index is 11.5. The van der Waals surface area contributed by atoms with Crippen LogP contribution in [-0.4, -0.2) is 49.1 Å². The molecule has 0 aromatic carbocycles. The van der Waals surface area contributed by atoms with Gasteiger partial charge in [-0.15, -0.1) is 0 Å². The molecule has 1 saturated heterocycles. The number of hydrogen-bond donors (Lipinski definition) is 1. The highest BCUT2D eigenvalue weighted by molar-refractivity contribution is 5.73. The minimum Gasteiger partial charge on any atom is -0.465 e. The lowest BCUT2D eigenvalue weighted by Crippen LogP contribution is -2.51. The van der Waals surface area contributed by atoms with E-state index >= 15 is 0 Å². The van der Waals surface area contributed by atoms with Crippen molar-refractivity contribution in [2.75, 3.05) is 26.2 Å². The largest absolute Gasteiger partial charge is 0.465 e. The summed E-state index contributed by atoms with van der Waals surface area (Å²) in [4.78, 5) is 24.7. The molecular weight excluding hydrogens is 232 g/mol. The summed E-state index contributed by atoms with van der Waals surface area (Å²) < 4.78 is 4.96. The molecule has 5 heteroatoms. The number of piperidine rings is 1. The fourth-order valence-electron chi connectivity index (χ4n) is 2.51. The summed E-state index contributed by atoms with van der Waals surface area (Å²) in [5.41, 5.74) is 0. The van der Waals surface area contributed by atoms with E-state index in [1.54, 1.807) is 0 Å². The fraction of sp³-hybridized carbons (Fsp3) is 0.846. The Kier molecular flexibility index (Phi) is 6.12. The molecule has 0 spiro atoms. The molecule has 0 aromatic heterocycles. The molecule has 0 bridgehead atoms. The van der Waals surface area contributed by atoms with Crippen molar-refractivity contribution in [2.45, 2.75) is 39.7 Å². The molecule has 18 heavy (non-hydrogen) atoms. The average Bonchev–Trinajstić information content (AvgIpc) is 2.27. The van der Waals surface area contributed by atoms with Gasteiger partial charge in [-0.3, -0.25) is 14.5 Å². The first kappa shape index (κ1) is 15.0. The van der Waals surface area contributed by atoms with Crippen molar-refractivity contribution in [3.8, 4) is 0 Å². The molecule has 1 fully saturated rings. The quantitative estimate of drug-likeness (QED) is 0.739. The molecule has 1 amide bonds. The predicted octanol–water partition coefficient (Wildman–Crippen LogP) is 0.786. The van der Waals surface area contributed by atoms with E-state index in [-0.39, 0.29) is 17.9 Å². The smallest absolute Gasteiger partial charge is 0.320 e. The molecule has 5 nitrogen and oxygen atoms in total. The Morgan fingerprint density at radius 1 is 1.33 bits per heavy atom. The fourth-order valence-corrected chi connectivity index (χ4v) is 2.51. The van der Waals surface area contributed by atoms with E-state index in [2.05, 4.69) is 17.1 Å². The molecule has 2 atom stereocenters. The highest BCUT2D eigenvalue weighted by Crippen LogP contribution is 2.19. The van der Waals surface area contributed by atoms with Crippen LogP contribution in [0, 0.1) is 5.92 Å². The van der Waals surface area contributed by atoms with Gasteiger partial charge in [0.15, 0.2) is 0 Å². The molecule has 1 aliphatic rings. The van der Waals surface area contributed by atoms with Crippen molar-refractivity contribution in [1.82, 2.24) is 10.2 Å². The first-order valence-electron chi connectivity index (χ1n) is 6.70. The Balaban J connectivity index is 2.51. The van der Waals surface area contributed by atoms with Gasteiger partial charge in [-0.1, -0.05) is 13.3 Å². The summed E-state index contributed by atoms with van der Waals surface area (Å²) in [6.45, 7) is 7.86. The van der Waals surface area contributed by atoms with Crippen LogP contribution >= 0.6 is 0 Å². The van der Waals surface area contributed by atoms with Gasteiger partial charge < -0.3 is 10.1 Å². The van der Waals surface area contributed by atoms with E-state index in [0.29, 0.717) is 19.1 Å². The van der Waals surface area contributed by atoms with Gasteiger partial charge in [0, 0.05) is 26.1 Å². The highest BCUT2D eigenvalue weighted by atomic mass is 16.5. The molecule has 104 valence electrons. The second-order valence-corrected chi connectivity index (χ2v) is 4.91. The predicted molar refractivity (Wildman–Crippen MR) is 69.1 cm³/mol. The normalized spacial score (nSPS) is 24.6. The van der Waals surface area contributed by atoms with E-state index in [0.717, 1.165) is 25.9 Å². The molecule has 0 saturated carbocycles. The van der Waals surface area contributed by atoms with Crippen LogP contribution in [0.3, 0.4) is 0 Å². The van der Waals surface area contributed by atoms with Gasteiger partial charge in [-0.25, -0.2) is 0 Å². The summed E-state index contributed by atoms with van der Waals surface area (Å²) in [6.07, 6.45) is 2.06. The Hall–Kier alpha value is -1.10. The zero-order chi connectivity index (χ0) is 13.5. The Labute approximate surface area is 109 Å². The summed E-state index contributed by atoms with van der Waals surface area (Å²) in [5, 5.41) is 2.95. The van der Waals surface area contributed by atoms with Crippen LogP contribution < -0.4 is 5.32 Å². The number of amides is 1. The van der Waals surface area contributed by atoms with Crippen molar-refractivity contribution in [3.63, 3.8) is 0 Å². The number of hydrogen-bond acceptors (Lipinski definition) is 4. The molecule has 0 radical (unpaired) electrons. The third kappa shape index (κ3) is 5.04. The summed E-state index contributed by atoms with van der Waals surface area (Å²) in [6, 6.07) is 0.149. The molecular formula is C13H24N2O3. The third-order valence-electron chi connectivity index (χ3n) is 3.26. The lowest BCUT2D eigenvalue weighted by Gasteiger charge is -2.37.